The highest BCUT2D eigenvalue weighted by atomic mass is 35.5. The standard InChI is InChI=1S/C27H33ClFN3O3S/c1-35-19-7-8-24-21(17-19)25(22(28)18-30-24)23(29)9-10-27(26(33)31-34)11-14-32(15-12-27)13-3-2-5-20-6-4-16-36-20/h4,6-8,16-18,23,34H,2-3,5,9-15H2,1H3,(H,31,33)/t23-/m1/s1. The van der Waals surface area contributed by atoms with Crippen LogP contribution in [0.1, 0.15) is 55.1 Å². The molecule has 1 atom stereocenters. The van der Waals surface area contributed by atoms with Crippen molar-refractivity contribution >= 4 is 39.7 Å². The lowest BCUT2D eigenvalue weighted by molar-refractivity contribution is -0.143. The number of nitrogens with zero attached hydrogens (tertiary/aromatic N) is 2. The zero-order valence-electron chi connectivity index (χ0n) is 20.5. The van der Waals surface area contributed by atoms with Gasteiger partial charge in [0.25, 0.3) is 0 Å². The number of methoxy groups -OCH3 is 1. The van der Waals surface area contributed by atoms with E-state index in [-0.39, 0.29) is 11.4 Å². The van der Waals surface area contributed by atoms with Crippen molar-refractivity contribution in [3.05, 3.63) is 57.4 Å². The van der Waals surface area contributed by atoms with E-state index in [9.17, 15) is 10.0 Å². The number of hydrogen-bond acceptors (Lipinski definition) is 6. The van der Waals surface area contributed by atoms with Crippen molar-refractivity contribution in [3.8, 4) is 5.75 Å². The van der Waals surface area contributed by atoms with Crippen molar-refractivity contribution < 1.29 is 19.1 Å². The van der Waals surface area contributed by atoms with E-state index in [1.165, 1.54) is 11.1 Å². The number of piperidine rings is 1. The molecule has 1 aliphatic heterocycles. The van der Waals surface area contributed by atoms with E-state index in [0.29, 0.717) is 41.5 Å². The largest absolute Gasteiger partial charge is 0.497 e. The van der Waals surface area contributed by atoms with Crippen molar-refractivity contribution in [3.63, 3.8) is 0 Å². The lowest BCUT2D eigenvalue weighted by Crippen LogP contribution is -2.48. The number of unbranched alkanes of at least 4 members (excludes halogenated alkanes) is 1. The first kappa shape index (κ1) is 26.8. The predicted molar refractivity (Wildman–Crippen MR) is 142 cm³/mol. The number of aryl methyl sites for hydroxylation is 1. The van der Waals surface area contributed by atoms with Gasteiger partial charge in [0.15, 0.2) is 0 Å². The predicted octanol–water partition coefficient (Wildman–Crippen LogP) is 6.36. The Morgan fingerprint density at radius 1 is 1.33 bits per heavy atom. The van der Waals surface area contributed by atoms with Crippen molar-refractivity contribution in [2.24, 2.45) is 5.41 Å². The number of hydroxylamine groups is 1. The zero-order valence-corrected chi connectivity index (χ0v) is 22.1. The summed E-state index contributed by atoms with van der Waals surface area (Å²) >= 11 is 8.18. The number of likely N-dealkylation sites (tertiary alicyclic amines) is 1. The van der Waals surface area contributed by atoms with E-state index in [4.69, 9.17) is 16.3 Å². The van der Waals surface area contributed by atoms with E-state index >= 15 is 4.39 Å². The van der Waals surface area contributed by atoms with Crippen LogP contribution in [-0.4, -0.2) is 47.7 Å². The molecular weight excluding hydrogens is 501 g/mol. The molecule has 1 amide bonds. The summed E-state index contributed by atoms with van der Waals surface area (Å²) in [5.74, 6) is 0.165. The molecule has 1 aromatic carbocycles. The van der Waals surface area contributed by atoms with Crippen LogP contribution in [0.15, 0.2) is 41.9 Å². The molecule has 1 saturated heterocycles. The van der Waals surface area contributed by atoms with Gasteiger partial charge in [0.1, 0.15) is 11.9 Å². The summed E-state index contributed by atoms with van der Waals surface area (Å²) in [6.07, 6.45) is 5.00. The summed E-state index contributed by atoms with van der Waals surface area (Å²) in [6.45, 7) is 2.48. The molecule has 3 heterocycles. The number of carbonyl (C=O) groups is 1. The maximum Gasteiger partial charge on any atom is 0.249 e. The van der Waals surface area contributed by atoms with Gasteiger partial charge in [0, 0.05) is 22.0 Å². The molecule has 1 aliphatic rings. The van der Waals surface area contributed by atoms with E-state index in [1.54, 1.807) is 36.6 Å². The summed E-state index contributed by atoms with van der Waals surface area (Å²) in [7, 11) is 1.55. The van der Waals surface area contributed by atoms with Gasteiger partial charge in [-0.25, -0.2) is 9.87 Å². The summed E-state index contributed by atoms with van der Waals surface area (Å²) in [4.78, 5) is 20.8. The number of fused-ring (bicyclic) bond motifs is 1. The summed E-state index contributed by atoms with van der Waals surface area (Å²) in [6, 6.07) is 9.54. The van der Waals surface area contributed by atoms with Gasteiger partial charge in [0.2, 0.25) is 5.91 Å². The van der Waals surface area contributed by atoms with Gasteiger partial charge < -0.3 is 9.64 Å². The normalized spacial score (nSPS) is 16.7. The number of halogens is 2. The van der Waals surface area contributed by atoms with Crippen LogP contribution in [0.4, 0.5) is 4.39 Å². The zero-order chi connectivity index (χ0) is 25.5. The minimum Gasteiger partial charge on any atom is -0.497 e. The number of ether oxygens (including phenoxy) is 1. The SMILES string of the molecule is COc1ccc2ncc(Cl)c([C@H](F)CCC3(C(=O)NO)CCN(CCCCc4cccs4)CC3)c2c1. The number of carbonyl (C=O) groups excluding carboxylic acids is 1. The van der Waals surface area contributed by atoms with Gasteiger partial charge in [-0.1, -0.05) is 17.7 Å². The molecule has 6 nitrogen and oxygen atoms in total. The summed E-state index contributed by atoms with van der Waals surface area (Å²) < 4.78 is 21.0. The van der Waals surface area contributed by atoms with Crippen molar-refractivity contribution in [1.82, 2.24) is 15.4 Å². The van der Waals surface area contributed by atoms with E-state index < -0.39 is 17.5 Å². The molecule has 3 aromatic rings. The molecule has 9 heteroatoms. The molecule has 4 rings (SSSR count). The molecule has 0 bridgehead atoms. The highest BCUT2D eigenvalue weighted by molar-refractivity contribution is 7.09. The van der Waals surface area contributed by atoms with Gasteiger partial charge in [-0.15, -0.1) is 11.3 Å². The Hall–Kier alpha value is -2.26. The third-order valence-corrected chi connectivity index (χ3v) is 8.62. The second-order valence-electron chi connectivity index (χ2n) is 9.51. The topological polar surface area (TPSA) is 74.7 Å². The quantitative estimate of drug-likeness (QED) is 0.170. The number of pyridine rings is 1. The second-order valence-corrected chi connectivity index (χ2v) is 10.9. The summed E-state index contributed by atoms with van der Waals surface area (Å²) in [5.41, 5.74) is 2.04. The molecule has 0 saturated carbocycles. The number of amides is 1. The Balaban J connectivity index is 1.38. The highest BCUT2D eigenvalue weighted by Crippen LogP contribution is 2.42. The first-order chi connectivity index (χ1) is 17.5. The Morgan fingerprint density at radius 2 is 2.14 bits per heavy atom. The van der Waals surface area contributed by atoms with Crippen LogP contribution in [0, 0.1) is 5.41 Å². The lowest BCUT2D eigenvalue weighted by Gasteiger charge is -2.40. The number of aromatic nitrogens is 1. The Bertz CT molecular complexity index is 1150. The fourth-order valence-corrected chi connectivity index (χ4v) is 6.18. The molecule has 0 spiro atoms. The molecule has 0 unspecified atom stereocenters. The van der Waals surface area contributed by atoms with Gasteiger partial charge in [-0.05, 0) is 94.2 Å². The fourth-order valence-electron chi connectivity index (χ4n) is 5.16. The maximum atomic E-state index is 15.7. The van der Waals surface area contributed by atoms with E-state index in [2.05, 4.69) is 27.4 Å². The number of benzene rings is 1. The van der Waals surface area contributed by atoms with Crippen LogP contribution in [0.2, 0.25) is 5.02 Å². The maximum absolute atomic E-state index is 15.7. The van der Waals surface area contributed by atoms with Crippen LogP contribution in [-0.2, 0) is 11.2 Å². The molecule has 194 valence electrons. The molecule has 36 heavy (non-hydrogen) atoms. The fraction of sp³-hybridized carbons (Fsp3) is 0.481. The lowest BCUT2D eigenvalue weighted by atomic mass is 9.73. The first-order valence-electron chi connectivity index (χ1n) is 12.4. The molecular formula is C27H33ClFN3O3S. The van der Waals surface area contributed by atoms with Gasteiger partial charge in [-0.3, -0.25) is 15.0 Å². The molecule has 0 aliphatic carbocycles. The Labute approximate surface area is 220 Å². The average molecular weight is 534 g/mol. The number of nitrogens with one attached hydrogen (secondary N) is 1. The summed E-state index contributed by atoms with van der Waals surface area (Å²) in [5, 5.41) is 12.4. The first-order valence-corrected chi connectivity index (χ1v) is 13.7. The number of hydrogen-bond donors (Lipinski definition) is 2. The number of rotatable bonds is 11. The Kier molecular flexibility index (Phi) is 9.17. The average Bonchev–Trinajstić information content (AvgIpc) is 3.43. The van der Waals surface area contributed by atoms with E-state index in [1.807, 2.05) is 5.48 Å². The minimum atomic E-state index is -1.38. The number of alkyl halides is 1. The van der Waals surface area contributed by atoms with Crippen LogP contribution in [0.25, 0.3) is 10.9 Å². The third kappa shape index (κ3) is 6.17. The molecule has 2 aromatic heterocycles. The van der Waals surface area contributed by atoms with Crippen LogP contribution < -0.4 is 10.2 Å². The third-order valence-electron chi connectivity index (χ3n) is 7.38. The Morgan fingerprint density at radius 3 is 2.83 bits per heavy atom. The number of thiophene rings is 1. The van der Waals surface area contributed by atoms with Crippen molar-refractivity contribution in [2.75, 3.05) is 26.7 Å². The molecule has 1 fully saturated rings. The van der Waals surface area contributed by atoms with Crippen LogP contribution in [0.3, 0.4) is 0 Å². The highest BCUT2D eigenvalue weighted by Gasteiger charge is 2.41. The van der Waals surface area contributed by atoms with Crippen molar-refractivity contribution in [1.29, 1.82) is 0 Å². The minimum absolute atomic E-state index is 0.115. The van der Waals surface area contributed by atoms with Gasteiger partial charge in [-0.2, -0.15) is 0 Å². The van der Waals surface area contributed by atoms with Gasteiger partial charge >= 0.3 is 0 Å². The molecule has 2 N–H and O–H groups in total. The van der Waals surface area contributed by atoms with Crippen LogP contribution in [0.5, 0.6) is 5.75 Å². The van der Waals surface area contributed by atoms with Gasteiger partial charge in [0.05, 0.1) is 23.1 Å². The van der Waals surface area contributed by atoms with Crippen LogP contribution >= 0.6 is 22.9 Å². The van der Waals surface area contributed by atoms with Crippen molar-refractivity contribution in [2.45, 2.75) is 51.1 Å². The monoisotopic (exact) mass is 533 g/mol. The second kappa shape index (κ2) is 12.3. The smallest absolute Gasteiger partial charge is 0.249 e. The van der Waals surface area contributed by atoms with E-state index in [0.717, 1.165) is 38.9 Å². The molecule has 0 radical (unpaired) electrons.